The van der Waals surface area contributed by atoms with Crippen molar-refractivity contribution in [2.24, 2.45) is 0 Å². The number of carbonyl (C=O) groups is 1. The van der Waals surface area contributed by atoms with Gasteiger partial charge < -0.3 is 14.7 Å². The molecule has 2 fully saturated rings. The van der Waals surface area contributed by atoms with Gasteiger partial charge in [-0.25, -0.2) is 0 Å². The number of rotatable bonds is 6. The standard InChI is InChI=1S/C20H30N2O3/c1-2-25-19-9-4-3-6-16(19)10-11-20(24)22-14-12-21(13-15-22)17-7-5-8-18(17)23/h3-4,6,9,17-18,23H,2,5,7-8,10-15H2,1H3/t17-,18+/m0/s1. The first-order valence-corrected chi connectivity index (χ1v) is 9.59. The Kier molecular flexibility index (Phi) is 6.32. The molecule has 1 aliphatic heterocycles. The van der Waals surface area contributed by atoms with Crippen molar-refractivity contribution in [3.8, 4) is 5.75 Å². The van der Waals surface area contributed by atoms with Crippen molar-refractivity contribution in [2.45, 2.75) is 51.2 Å². The molecule has 25 heavy (non-hydrogen) atoms. The molecular weight excluding hydrogens is 316 g/mol. The first kappa shape index (κ1) is 18.2. The summed E-state index contributed by atoms with van der Waals surface area (Å²) in [6.07, 6.45) is 4.18. The molecule has 1 N–H and O–H groups in total. The fourth-order valence-corrected chi connectivity index (χ4v) is 4.06. The van der Waals surface area contributed by atoms with E-state index >= 15 is 0 Å². The van der Waals surface area contributed by atoms with Crippen LogP contribution in [0.15, 0.2) is 24.3 Å². The van der Waals surface area contributed by atoms with Crippen LogP contribution in [0.5, 0.6) is 5.75 Å². The molecule has 5 nitrogen and oxygen atoms in total. The van der Waals surface area contributed by atoms with Gasteiger partial charge in [-0.2, -0.15) is 0 Å². The number of carbonyl (C=O) groups excluding carboxylic acids is 1. The van der Waals surface area contributed by atoms with E-state index in [0.29, 0.717) is 19.1 Å². The molecular formula is C20H30N2O3. The van der Waals surface area contributed by atoms with Gasteiger partial charge in [-0.05, 0) is 44.2 Å². The third-order valence-electron chi connectivity index (χ3n) is 5.46. The number of aliphatic hydroxyl groups is 1. The largest absolute Gasteiger partial charge is 0.494 e. The van der Waals surface area contributed by atoms with Crippen LogP contribution in [-0.2, 0) is 11.2 Å². The second kappa shape index (κ2) is 8.68. The minimum Gasteiger partial charge on any atom is -0.494 e. The first-order chi connectivity index (χ1) is 12.2. The Hall–Kier alpha value is -1.59. The van der Waals surface area contributed by atoms with Crippen LogP contribution in [0.25, 0.3) is 0 Å². The molecule has 1 saturated heterocycles. The van der Waals surface area contributed by atoms with Gasteiger partial charge in [-0.3, -0.25) is 9.69 Å². The maximum absolute atomic E-state index is 12.6. The number of nitrogens with zero attached hydrogens (tertiary/aromatic N) is 2. The zero-order chi connectivity index (χ0) is 17.6. The van der Waals surface area contributed by atoms with Gasteiger partial charge in [0.25, 0.3) is 0 Å². The molecule has 0 radical (unpaired) electrons. The molecule has 1 aliphatic carbocycles. The highest BCUT2D eigenvalue weighted by atomic mass is 16.5. The average molecular weight is 346 g/mol. The van der Waals surface area contributed by atoms with Crippen molar-refractivity contribution in [3.05, 3.63) is 29.8 Å². The number of piperazine rings is 1. The summed E-state index contributed by atoms with van der Waals surface area (Å²) in [7, 11) is 0. The van der Waals surface area contributed by atoms with Gasteiger partial charge in [0, 0.05) is 38.6 Å². The Morgan fingerprint density at radius 1 is 1.20 bits per heavy atom. The molecule has 1 saturated carbocycles. The summed E-state index contributed by atoms with van der Waals surface area (Å²) in [5, 5.41) is 10.1. The lowest BCUT2D eigenvalue weighted by Gasteiger charge is -2.39. The van der Waals surface area contributed by atoms with E-state index in [2.05, 4.69) is 4.90 Å². The number of amides is 1. The van der Waals surface area contributed by atoms with Crippen LogP contribution in [0.2, 0.25) is 0 Å². The van der Waals surface area contributed by atoms with Crippen molar-refractivity contribution in [1.29, 1.82) is 0 Å². The van der Waals surface area contributed by atoms with Gasteiger partial charge in [-0.15, -0.1) is 0 Å². The lowest BCUT2D eigenvalue weighted by molar-refractivity contribution is -0.133. The second-order valence-electron chi connectivity index (χ2n) is 7.02. The number of hydrogen-bond acceptors (Lipinski definition) is 4. The summed E-state index contributed by atoms with van der Waals surface area (Å²) < 4.78 is 5.64. The Balaban J connectivity index is 1.47. The van der Waals surface area contributed by atoms with Crippen LogP contribution in [0.3, 0.4) is 0 Å². The van der Waals surface area contributed by atoms with E-state index in [1.54, 1.807) is 0 Å². The summed E-state index contributed by atoms with van der Waals surface area (Å²) in [6, 6.07) is 8.27. The minimum absolute atomic E-state index is 0.183. The van der Waals surface area contributed by atoms with Gasteiger partial charge in [0.1, 0.15) is 5.75 Å². The van der Waals surface area contributed by atoms with Crippen LogP contribution >= 0.6 is 0 Å². The van der Waals surface area contributed by atoms with Gasteiger partial charge >= 0.3 is 0 Å². The predicted molar refractivity (Wildman–Crippen MR) is 97.7 cm³/mol. The van der Waals surface area contributed by atoms with Crippen molar-refractivity contribution in [3.63, 3.8) is 0 Å². The Bertz CT molecular complexity index is 570. The molecule has 1 amide bonds. The summed E-state index contributed by atoms with van der Waals surface area (Å²) in [5.41, 5.74) is 1.10. The van der Waals surface area contributed by atoms with E-state index in [4.69, 9.17) is 4.74 Å². The highest BCUT2D eigenvalue weighted by molar-refractivity contribution is 5.76. The maximum Gasteiger partial charge on any atom is 0.222 e. The number of hydrogen-bond donors (Lipinski definition) is 1. The molecule has 1 aromatic rings. The van der Waals surface area contributed by atoms with Gasteiger partial charge in [-0.1, -0.05) is 18.2 Å². The van der Waals surface area contributed by atoms with Crippen LogP contribution < -0.4 is 4.74 Å². The summed E-state index contributed by atoms with van der Waals surface area (Å²) in [6.45, 7) is 5.92. The van der Waals surface area contributed by atoms with Crippen molar-refractivity contribution in [2.75, 3.05) is 32.8 Å². The van der Waals surface area contributed by atoms with Gasteiger partial charge in [0.2, 0.25) is 5.91 Å². The molecule has 0 unspecified atom stereocenters. The van der Waals surface area contributed by atoms with Crippen molar-refractivity contribution < 1.29 is 14.6 Å². The van der Waals surface area contributed by atoms with Gasteiger partial charge in [0.15, 0.2) is 0 Å². The third kappa shape index (κ3) is 4.53. The topological polar surface area (TPSA) is 53.0 Å². The normalized spacial score (nSPS) is 24.5. The Labute approximate surface area is 150 Å². The lowest BCUT2D eigenvalue weighted by Crippen LogP contribution is -2.53. The number of para-hydroxylation sites is 1. The number of benzene rings is 1. The third-order valence-corrected chi connectivity index (χ3v) is 5.46. The molecule has 0 aromatic heterocycles. The summed E-state index contributed by atoms with van der Waals surface area (Å²) >= 11 is 0. The maximum atomic E-state index is 12.6. The summed E-state index contributed by atoms with van der Waals surface area (Å²) in [5.74, 6) is 1.11. The molecule has 0 spiro atoms. The molecule has 1 aromatic carbocycles. The Morgan fingerprint density at radius 2 is 1.96 bits per heavy atom. The second-order valence-corrected chi connectivity index (χ2v) is 7.02. The zero-order valence-corrected chi connectivity index (χ0v) is 15.2. The van der Waals surface area contributed by atoms with Crippen LogP contribution in [-0.4, -0.2) is 65.7 Å². The van der Waals surface area contributed by atoms with E-state index in [0.717, 1.165) is 63.2 Å². The van der Waals surface area contributed by atoms with E-state index in [1.165, 1.54) is 0 Å². The van der Waals surface area contributed by atoms with Crippen LogP contribution in [0.1, 0.15) is 38.2 Å². The molecule has 2 aliphatic rings. The molecule has 5 heteroatoms. The highest BCUT2D eigenvalue weighted by Crippen LogP contribution is 2.25. The monoisotopic (exact) mass is 346 g/mol. The molecule has 0 bridgehead atoms. The van der Waals surface area contributed by atoms with E-state index in [1.807, 2.05) is 36.1 Å². The van der Waals surface area contributed by atoms with Gasteiger partial charge in [0.05, 0.1) is 12.7 Å². The lowest BCUT2D eigenvalue weighted by atomic mass is 10.1. The average Bonchev–Trinajstić information content (AvgIpc) is 3.07. The van der Waals surface area contributed by atoms with Crippen molar-refractivity contribution in [1.82, 2.24) is 9.80 Å². The number of aliphatic hydroxyl groups excluding tert-OH is 1. The first-order valence-electron chi connectivity index (χ1n) is 9.59. The molecule has 138 valence electrons. The van der Waals surface area contributed by atoms with Crippen LogP contribution in [0.4, 0.5) is 0 Å². The highest BCUT2D eigenvalue weighted by Gasteiger charge is 2.33. The predicted octanol–water partition coefficient (Wildman–Crippen LogP) is 2.08. The molecule has 3 rings (SSSR count). The zero-order valence-electron chi connectivity index (χ0n) is 15.2. The number of ether oxygens (including phenoxy) is 1. The fraction of sp³-hybridized carbons (Fsp3) is 0.650. The fourth-order valence-electron chi connectivity index (χ4n) is 4.06. The van der Waals surface area contributed by atoms with E-state index in [-0.39, 0.29) is 12.0 Å². The smallest absolute Gasteiger partial charge is 0.222 e. The van der Waals surface area contributed by atoms with Crippen molar-refractivity contribution >= 4 is 5.91 Å². The summed E-state index contributed by atoms with van der Waals surface area (Å²) in [4.78, 5) is 16.9. The minimum atomic E-state index is -0.183. The number of aryl methyl sites for hydroxylation is 1. The SMILES string of the molecule is CCOc1ccccc1CCC(=O)N1CCN([C@H]2CCC[C@H]2O)CC1. The Morgan fingerprint density at radius 3 is 2.64 bits per heavy atom. The molecule has 1 heterocycles. The van der Waals surface area contributed by atoms with Crippen LogP contribution in [0, 0.1) is 0 Å². The van der Waals surface area contributed by atoms with E-state index < -0.39 is 0 Å². The van der Waals surface area contributed by atoms with E-state index in [9.17, 15) is 9.90 Å². The molecule has 2 atom stereocenters. The quantitative estimate of drug-likeness (QED) is 0.857.